The summed E-state index contributed by atoms with van der Waals surface area (Å²) >= 11 is 0. The molecule has 4 aromatic rings. The van der Waals surface area contributed by atoms with E-state index >= 15 is 0 Å². The van der Waals surface area contributed by atoms with Gasteiger partial charge in [-0.05, 0) is 55.1 Å². The number of pyridine rings is 1. The molecule has 3 aromatic heterocycles. The molecule has 7 nitrogen and oxygen atoms in total. The third-order valence-electron chi connectivity index (χ3n) is 5.73. The molecule has 8 heteroatoms. The van der Waals surface area contributed by atoms with E-state index in [9.17, 15) is 4.39 Å². The van der Waals surface area contributed by atoms with Crippen molar-refractivity contribution >= 4 is 11.6 Å². The Balaban J connectivity index is 1.58. The summed E-state index contributed by atoms with van der Waals surface area (Å²) < 4.78 is 15.5. The second kappa shape index (κ2) is 8.05. The van der Waals surface area contributed by atoms with Gasteiger partial charge < -0.3 is 10.6 Å². The Morgan fingerprint density at radius 1 is 1.00 bits per heavy atom. The molecule has 1 aliphatic heterocycles. The first-order valence-electron chi connectivity index (χ1n) is 10.3. The van der Waals surface area contributed by atoms with Crippen molar-refractivity contribution in [1.82, 2.24) is 29.2 Å². The van der Waals surface area contributed by atoms with Gasteiger partial charge in [-0.3, -0.25) is 9.30 Å². The number of aromatic nitrogens is 4. The first-order chi connectivity index (χ1) is 15.1. The molecule has 0 saturated carbocycles. The maximum atomic E-state index is 13.5. The third-order valence-corrected chi connectivity index (χ3v) is 5.73. The Morgan fingerprint density at radius 2 is 1.77 bits per heavy atom. The zero-order valence-corrected chi connectivity index (χ0v) is 17.4. The van der Waals surface area contributed by atoms with Crippen LogP contribution in [-0.2, 0) is 6.54 Å². The fourth-order valence-corrected chi connectivity index (χ4v) is 4.01. The number of likely N-dealkylation sites (N-methyl/N-ethyl adjacent to an activating group) is 1. The maximum absolute atomic E-state index is 13.5. The highest BCUT2D eigenvalue weighted by molar-refractivity contribution is 5.80. The predicted molar refractivity (Wildman–Crippen MR) is 119 cm³/mol. The molecule has 0 unspecified atom stereocenters. The quantitative estimate of drug-likeness (QED) is 0.550. The van der Waals surface area contributed by atoms with Crippen LogP contribution in [-0.4, -0.2) is 62.4 Å². The number of imidazole rings is 1. The normalized spacial score (nSPS) is 15.5. The average molecular weight is 417 g/mol. The number of benzene rings is 1. The van der Waals surface area contributed by atoms with Gasteiger partial charge in [-0.25, -0.2) is 19.3 Å². The summed E-state index contributed by atoms with van der Waals surface area (Å²) in [5.74, 6) is -0.0843. The number of nitrogens with two attached hydrogens (primary N) is 1. The lowest BCUT2D eigenvalue weighted by Crippen LogP contribution is -2.43. The van der Waals surface area contributed by atoms with Crippen LogP contribution in [0.15, 0.2) is 54.9 Å². The van der Waals surface area contributed by atoms with Crippen LogP contribution in [0.3, 0.4) is 0 Å². The molecule has 5 rings (SSSR count). The number of fused-ring (bicyclic) bond motifs is 1. The standard InChI is InChI=1S/C23H24FN7/c1-29-10-12-30(13-11-29)15-16-7-9-31-20(14-16)28-21(17-2-4-18(24)5-3-17)22(31)19-6-8-26-23(25)27-19/h2-9,14H,10-13,15H2,1H3,(H2,25,26,27). The topological polar surface area (TPSA) is 75.6 Å². The van der Waals surface area contributed by atoms with Crippen LogP contribution in [0.5, 0.6) is 0 Å². The van der Waals surface area contributed by atoms with Crippen LogP contribution in [0, 0.1) is 5.82 Å². The van der Waals surface area contributed by atoms with Gasteiger partial charge in [-0.2, -0.15) is 0 Å². The van der Waals surface area contributed by atoms with E-state index in [0.29, 0.717) is 5.69 Å². The number of rotatable bonds is 4. The van der Waals surface area contributed by atoms with Crippen molar-refractivity contribution in [3.63, 3.8) is 0 Å². The number of nitrogens with zero attached hydrogens (tertiary/aromatic N) is 6. The molecular weight excluding hydrogens is 393 g/mol. The van der Waals surface area contributed by atoms with E-state index in [2.05, 4.69) is 38.9 Å². The van der Waals surface area contributed by atoms with Crippen LogP contribution in [0.25, 0.3) is 28.3 Å². The Morgan fingerprint density at radius 3 is 2.52 bits per heavy atom. The first-order valence-corrected chi connectivity index (χ1v) is 10.3. The van der Waals surface area contributed by atoms with Gasteiger partial charge in [0.2, 0.25) is 5.95 Å². The number of anilines is 1. The Hall–Kier alpha value is -3.36. The number of hydrogen-bond donors (Lipinski definition) is 1. The van der Waals surface area contributed by atoms with Crippen LogP contribution in [0.2, 0.25) is 0 Å². The van der Waals surface area contributed by atoms with Gasteiger partial charge in [0.05, 0.1) is 17.1 Å². The molecular formula is C23H24FN7. The monoisotopic (exact) mass is 417 g/mol. The second-order valence-electron chi connectivity index (χ2n) is 7.96. The maximum Gasteiger partial charge on any atom is 0.220 e. The fraction of sp³-hybridized carbons (Fsp3) is 0.261. The molecule has 0 spiro atoms. The second-order valence-corrected chi connectivity index (χ2v) is 7.96. The molecule has 2 N–H and O–H groups in total. The lowest BCUT2D eigenvalue weighted by molar-refractivity contribution is 0.148. The zero-order chi connectivity index (χ0) is 21.4. The van der Waals surface area contributed by atoms with E-state index in [1.165, 1.54) is 17.7 Å². The highest BCUT2D eigenvalue weighted by atomic mass is 19.1. The van der Waals surface area contributed by atoms with E-state index in [0.717, 1.165) is 55.3 Å². The van der Waals surface area contributed by atoms with Gasteiger partial charge in [0, 0.05) is 50.7 Å². The molecule has 158 valence electrons. The van der Waals surface area contributed by atoms with Gasteiger partial charge in [0.15, 0.2) is 0 Å². The lowest BCUT2D eigenvalue weighted by Gasteiger charge is -2.32. The lowest BCUT2D eigenvalue weighted by atomic mass is 10.1. The first kappa shape index (κ1) is 19.6. The van der Waals surface area contributed by atoms with Crippen molar-refractivity contribution in [2.75, 3.05) is 39.0 Å². The molecule has 1 fully saturated rings. The summed E-state index contributed by atoms with van der Waals surface area (Å²) in [5, 5.41) is 0. The van der Waals surface area contributed by atoms with Gasteiger partial charge in [-0.1, -0.05) is 0 Å². The van der Waals surface area contributed by atoms with Crippen molar-refractivity contribution in [2.45, 2.75) is 6.54 Å². The van der Waals surface area contributed by atoms with Crippen molar-refractivity contribution in [1.29, 1.82) is 0 Å². The van der Waals surface area contributed by atoms with E-state index < -0.39 is 0 Å². The molecule has 0 bridgehead atoms. The van der Waals surface area contributed by atoms with Crippen LogP contribution in [0.4, 0.5) is 10.3 Å². The Bertz CT molecular complexity index is 1210. The minimum atomic E-state index is -0.283. The summed E-state index contributed by atoms with van der Waals surface area (Å²) in [6.45, 7) is 5.17. The summed E-state index contributed by atoms with van der Waals surface area (Å²) in [4.78, 5) is 18.1. The summed E-state index contributed by atoms with van der Waals surface area (Å²) in [5.41, 5.74) is 10.9. The molecule has 0 radical (unpaired) electrons. The Labute approximate surface area is 180 Å². The van der Waals surface area contributed by atoms with E-state index in [1.54, 1.807) is 18.3 Å². The highest BCUT2D eigenvalue weighted by Crippen LogP contribution is 2.32. The van der Waals surface area contributed by atoms with Crippen molar-refractivity contribution in [2.24, 2.45) is 0 Å². The molecule has 0 aliphatic carbocycles. The SMILES string of the molecule is CN1CCN(Cc2ccn3c(-c4ccnc(N)n4)c(-c4ccc(F)cc4)nc3c2)CC1. The number of piperazine rings is 1. The Kier molecular flexibility index (Phi) is 5.09. The number of hydrogen-bond acceptors (Lipinski definition) is 6. The molecule has 1 aliphatic rings. The van der Waals surface area contributed by atoms with E-state index in [1.807, 2.05) is 16.7 Å². The fourth-order valence-electron chi connectivity index (χ4n) is 4.01. The predicted octanol–water partition coefficient (Wildman–Crippen LogP) is 2.93. The number of nitrogen functional groups attached to an aromatic ring is 1. The average Bonchev–Trinajstić information content (AvgIpc) is 3.14. The van der Waals surface area contributed by atoms with Crippen molar-refractivity contribution in [3.8, 4) is 22.6 Å². The number of halogens is 1. The van der Waals surface area contributed by atoms with Gasteiger partial charge in [0.1, 0.15) is 11.5 Å². The third kappa shape index (κ3) is 3.99. The molecule has 1 saturated heterocycles. The summed E-state index contributed by atoms with van der Waals surface area (Å²) in [7, 11) is 2.16. The smallest absolute Gasteiger partial charge is 0.220 e. The zero-order valence-electron chi connectivity index (χ0n) is 17.4. The van der Waals surface area contributed by atoms with Crippen molar-refractivity contribution in [3.05, 3.63) is 66.2 Å². The molecule has 4 heterocycles. The van der Waals surface area contributed by atoms with Crippen molar-refractivity contribution < 1.29 is 4.39 Å². The van der Waals surface area contributed by atoms with Crippen LogP contribution < -0.4 is 5.73 Å². The van der Waals surface area contributed by atoms with Gasteiger partial charge in [-0.15, -0.1) is 0 Å². The highest BCUT2D eigenvalue weighted by Gasteiger charge is 2.19. The van der Waals surface area contributed by atoms with Crippen LogP contribution >= 0.6 is 0 Å². The molecule has 31 heavy (non-hydrogen) atoms. The summed E-state index contributed by atoms with van der Waals surface area (Å²) in [6, 6.07) is 12.4. The minimum absolute atomic E-state index is 0.198. The van der Waals surface area contributed by atoms with E-state index in [4.69, 9.17) is 10.7 Å². The van der Waals surface area contributed by atoms with Gasteiger partial charge >= 0.3 is 0 Å². The van der Waals surface area contributed by atoms with Crippen LogP contribution in [0.1, 0.15) is 5.56 Å². The molecule has 0 atom stereocenters. The summed E-state index contributed by atoms with van der Waals surface area (Å²) in [6.07, 6.45) is 3.65. The minimum Gasteiger partial charge on any atom is -0.368 e. The molecule has 1 aromatic carbocycles. The van der Waals surface area contributed by atoms with Gasteiger partial charge in [0.25, 0.3) is 0 Å². The van der Waals surface area contributed by atoms with E-state index in [-0.39, 0.29) is 11.8 Å². The largest absolute Gasteiger partial charge is 0.368 e. The molecule has 0 amide bonds.